The van der Waals surface area contributed by atoms with Gasteiger partial charge in [0, 0.05) is 12.6 Å². The van der Waals surface area contributed by atoms with Gasteiger partial charge in [0.2, 0.25) is 0 Å². The van der Waals surface area contributed by atoms with Gasteiger partial charge in [-0.05, 0) is 72.3 Å². The van der Waals surface area contributed by atoms with Gasteiger partial charge in [-0.3, -0.25) is 0 Å². The fraction of sp³-hybridized carbons (Fsp3) is 1.00. The maximum absolute atomic E-state index is 5.67. The molecule has 2 saturated heterocycles. The van der Waals surface area contributed by atoms with E-state index in [-0.39, 0.29) is 0 Å². The fourth-order valence-electron chi connectivity index (χ4n) is 3.06. The number of ether oxygens (including phenoxy) is 1. The highest BCUT2D eigenvalue weighted by molar-refractivity contribution is 4.77. The van der Waals surface area contributed by atoms with Gasteiger partial charge in [0.05, 0.1) is 6.10 Å². The lowest BCUT2D eigenvalue weighted by atomic mass is 10.0. The molecule has 3 heteroatoms. The summed E-state index contributed by atoms with van der Waals surface area (Å²) in [6.45, 7) is 4.77. The van der Waals surface area contributed by atoms with Crippen LogP contribution < -0.4 is 0 Å². The van der Waals surface area contributed by atoms with Crippen molar-refractivity contribution >= 4 is 0 Å². The van der Waals surface area contributed by atoms with Crippen LogP contribution in [0.5, 0.6) is 0 Å². The first-order chi connectivity index (χ1) is 8.25. The summed E-state index contributed by atoms with van der Waals surface area (Å²) < 4.78 is 5.67. The number of likely N-dealkylation sites (tertiary alicyclic amines) is 1. The molecule has 0 aromatic rings. The summed E-state index contributed by atoms with van der Waals surface area (Å²) in [6, 6.07) is 0.815. The predicted molar refractivity (Wildman–Crippen MR) is 71.4 cm³/mol. The lowest BCUT2D eigenvalue weighted by Gasteiger charge is -2.35. The summed E-state index contributed by atoms with van der Waals surface area (Å²) in [5.41, 5.74) is 0. The van der Waals surface area contributed by atoms with Crippen LogP contribution in [0.2, 0.25) is 0 Å². The first-order valence-corrected chi connectivity index (χ1v) is 7.26. The Morgan fingerprint density at radius 1 is 1.24 bits per heavy atom. The smallest absolute Gasteiger partial charge is 0.0576 e. The fourth-order valence-corrected chi connectivity index (χ4v) is 3.06. The SMILES string of the molecule is CN1CCC(N(C)CCCC2CCCO2)CC1. The summed E-state index contributed by atoms with van der Waals surface area (Å²) in [5, 5.41) is 0. The Kier molecular flexibility index (Phi) is 5.26. The minimum atomic E-state index is 0.570. The molecule has 1 unspecified atom stereocenters. The summed E-state index contributed by atoms with van der Waals surface area (Å²) >= 11 is 0. The van der Waals surface area contributed by atoms with Crippen molar-refractivity contribution < 1.29 is 4.74 Å². The van der Waals surface area contributed by atoms with Crippen LogP contribution >= 0.6 is 0 Å². The molecule has 0 bridgehead atoms. The van der Waals surface area contributed by atoms with Crippen LogP contribution in [0, 0.1) is 0 Å². The molecule has 0 aliphatic carbocycles. The molecule has 17 heavy (non-hydrogen) atoms. The van der Waals surface area contributed by atoms with Crippen LogP contribution in [-0.2, 0) is 4.74 Å². The summed E-state index contributed by atoms with van der Waals surface area (Å²) in [6.07, 6.45) is 8.37. The second kappa shape index (κ2) is 6.72. The van der Waals surface area contributed by atoms with Crippen LogP contribution in [0.4, 0.5) is 0 Å². The van der Waals surface area contributed by atoms with Gasteiger partial charge in [-0.25, -0.2) is 0 Å². The number of hydrogen-bond donors (Lipinski definition) is 0. The standard InChI is InChI=1S/C14H28N2O/c1-15-10-7-13(8-11-15)16(2)9-3-5-14-6-4-12-17-14/h13-14H,3-12H2,1-2H3. The second-order valence-corrected chi connectivity index (χ2v) is 5.79. The van der Waals surface area contributed by atoms with Crippen molar-refractivity contribution in [2.75, 3.05) is 40.3 Å². The van der Waals surface area contributed by atoms with Crippen LogP contribution in [-0.4, -0.2) is 62.3 Å². The van der Waals surface area contributed by atoms with Crippen molar-refractivity contribution in [2.24, 2.45) is 0 Å². The molecule has 1 atom stereocenters. The molecule has 0 N–H and O–H groups in total. The zero-order chi connectivity index (χ0) is 12.1. The molecule has 0 saturated carbocycles. The molecular weight excluding hydrogens is 212 g/mol. The molecule has 2 aliphatic rings. The maximum Gasteiger partial charge on any atom is 0.0576 e. The summed E-state index contributed by atoms with van der Waals surface area (Å²) in [5.74, 6) is 0. The van der Waals surface area contributed by atoms with Gasteiger partial charge in [0.1, 0.15) is 0 Å². The molecule has 2 fully saturated rings. The predicted octanol–water partition coefficient (Wildman–Crippen LogP) is 1.97. The third-order valence-corrected chi connectivity index (χ3v) is 4.37. The van der Waals surface area contributed by atoms with E-state index in [0.717, 1.165) is 12.6 Å². The normalized spacial score (nSPS) is 28.1. The van der Waals surface area contributed by atoms with Crippen molar-refractivity contribution in [1.82, 2.24) is 9.80 Å². The number of rotatable bonds is 5. The maximum atomic E-state index is 5.67. The topological polar surface area (TPSA) is 15.7 Å². The highest BCUT2D eigenvalue weighted by Crippen LogP contribution is 2.18. The van der Waals surface area contributed by atoms with E-state index < -0.39 is 0 Å². The minimum Gasteiger partial charge on any atom is -0.378 e. The Morgan fingerprint density at radius 2 is 2.00 bits per heavy atom. The minimum absolute atomic E-state index is 0.570. The van der Waals surface area contributed by atoms with E-state index in [1.54, 1.807) is 0 Å². The lowest BCUT2D eigenvalue weighted by Crippen LogP contribution is -2.42. The van der Waals surface area contributed by atoms with Crippen LogP contribution in [0.3, 0.4) is 0 Å². The van der Waals surface area contributed by atoms with Gasteiger partial charge in [-0.15, -0.1) is 0 Å². The van der Waals surface area contributed by atoms with E-state index in [2.05, 4.69) is 23.9 Å². The zero-order valence-electron chi connectivity index (χ0n) is 11.5. The molecule has 0 amide bonds. The summed E-state index contributed by atoms with van der Waals surface area (Å²) in [4.78, 5) is 5.01. The highest BCUT2D eigenvalue weighted by atomic mass is 16.5. The van der Waals surface area contributed by atoms with Gasteiger partial charge in [0.25, 0.3) is 0 Å². The van der Waals surface area contributed by atoms with Crippen LogP contribution in [0.1, 0.15) is 38.5 Å². The Labute approximate surface area is 106 Å². The molecule has 2 rings (SSSR count). The molecule has 2 aliphatic heterocycles. The van der Waals surface area contributed by atoms with E-state index in [4.69, 9.17) is 4.74 Å². The van der Waals surface area contributed by atoms with E-state index in [9.17, 15) is 0 Å². The average Bonchev–Trinajstić information content (AvgIpc) is 2.83. The van der Waals surface area contributed by atoms with E-state index in [0.29, 0.717) is 6.10 Å². The van der Waals surface area contributed by atoms with E-state index in [1.165, 1.54) is 58.2 Å². The van der Waals surface area contributed by atoms with Gasteiger partial charge in [-0.2, -0.15) is 0 Å². The Balaban J connectivity index is 1.58. The van der Waals surface area contributed by atoms with Crippen molar-refractivity contribution in [2.45, 2.75) is 50.7 Å². The third-order valence-electron chi connectivity index (χ3n) is 4.37. The van der Waals surface area contributed by atoms with Crippen LogP contribution in [0.15, 0.2) is 0 Å². The Morgan fingerprint density at radius 3 is 2.65 bits per heavy atom. The molecule has 3 nitrogen and oxygen atoms in total. The van der Waals surface area contributed by atoms with Crippen molar-refractivity contribution in [3.8, 4) is 0 Å². The first-order valence-electron chi connectivity index (χ1n) is 7.26. The monoisotopic (exact) mass is 240 g/mol. The van der Waals surface area contributed by atoms with Gasteiger partial charge < -0.3 is 14.5 Å². The Bertz CT molecular complexity index is 208. The van der Waals surface area contributed by atoms with Gasteiger partial charge >= 0.3 is 0 Å². The number of nitrogens with zero attached hydrogens (tertiary/aromatic N) is 2. The lowest BCUT2D eigenvalue weighted by molar-refractivity contribution is 0.0936. The largest absolute Gasteiger partial charge is 0.378 e. The van der Waals surface area contributed by atoms with E-state index >= 15 is 0 Å². The quantitative estimate of drug-likeness (QED) is 0.731. The van der Waals surface area contributed by atoms with Crippen molar-refractivity contribution in [3.63, 3.8) is 0 Å². The third kappa shape index (κ3) is 4.23. The first kappa shape index (κ1) is 13.3. The molecule has 0 radical (unpaired) electrons. The van der Waals surface area contributed by atoms with Crippen molar-refractivity contribution in [3.05, 3.63) is 0 Å². The number of hydrogen-bond acceptors (Lipinski definition) is 3. The molecule has 0 aromatic carbocycles. The van der Waals surface area contributed by atoms with Crippen molar-refractivity contribution in [1.29, 1.82) is 0 Å². The molecule has 0 aromatic heterocycles. The molecular formula is C14H28N2O. The summed E-state index contributed by atoms with van der Waals surface area (Å²) in [7, 11) is 4.53. The Hall–Kier alpha value is -0.120. The molecule has 2 heterocycles. The van der Waals surface area contributed by atoms with E-state index in [1.807, 2.05) is 0 Å². The van der Waals surface area contributed by atoms with Gasteiger partial charge in [-0.1, -0.05) is 0 Å². The molecule has 100 valence electrons. The highest BCUT2D eigenvalue weighted by Gasteiger charge is 2.21. The zero-order valence-corrected chi connectivity index (χ0v) is 11.5. The number of piperidine rings is 1. The van der Waals surface area contributed by atoms with Gasteiger partial charge in [0.15, 0.2) is 0 Å². The average molecular weight is 240 g/mol. The molecule has 0 spiro atoms. The second-order valence-electron chi connectivity index (χ2n) is 5.79. The van der Waals surface area contributed by atoms with Crippen LogP contribution in [0.25, 0.3) is 0 Å².